The number of guanidine groups is 1. The van der Waals surface area contributed by atoms with Gasteiger partial charge >= 0.3 is 0 Å². The Morgan fingerprint density at radius 1 is 1.08 bits per heavy atom. The number of carbonyl (C=O) groups excluding carboxylic acids is 1. The van der Waals surface area contributed by atoms with Crippen molar-refractivity contribution < 1.29 is 4.79 Å². The highest BCUT2D eigenvalue weighted by molar-refractivity contribution is 5.94. The second-order valence-electron chi connectivity index (χ2n) is 6.31. The number of carbonyl (C=O) groups is 1. The molecule has 0 saturated heterocycles. The summed E-state index contributed by atoms with van der Waals surface area (Å²) in [6.07, 6.45) is 4.52. The maximum absolute atomic E-state index is 12.1. The number of benzene rings is 1. The summed E-state index contributed by atoms with van der Waals surface area (Å²) in [4.78, 5) is 16.7. The molecule has 0 aromatic heterocycles. The normalized spacial score (nSPS) is 12.6. The topological polar surface area (TPSA) is 65.5 Å². The largest absolute Gasteiger partial charge is 0.357 e. The van der Waals surface area contributed by atoms with Gasteiger partial charge in [0.25, 0.3) is 5.91 Å². The first-order valence-electron chi connectivity index (χ1n) is 9.52. The number of hydrogen-bond donors (Lipinski definition) is 3. The first-order valence-corrected chi connectivity index (χ1v) is 9.52. The van der Waals surface area contributed by atoms with E-state index in [0.29, 0.717) is 12.1 Å². The summed E-state index contributed by atoms with van der Waals surface area (Å²) in [6, 6.07) is 7.86. The number of nitrogens with zero attached hydrogens (tertiary/aromatic N) is 1. The predicted molar refractivity (Wildman–Crippen MR) is 106 cm³/mol. The Morgan fingerprint density at radius 3 is 2.40 bits per heavy atom. The SMILES string of the molecule is CCCCCNC(=NCc1ccc(C(=O)NC(C)CC)cc1)NCC. The lowest BCUT2D eigenvalue weighted by atomic mass is 10.1. The van der Waals surface area contributed by atoms with Crippen molar-refractivity contribution >= 4 is 11.9 Å². The second-order valence-corrected chi connectivity index (χ2v) is 6.31. The molecule has 0 spiro atoms. The zero-order valence-corrected chi connectivity index (χ0v) is 16.2. The molecule has 1 unspecified atom stereocenters. The van der Waals surface area contributed by atoms with E-state index in [1.165, 1.54) is 12.8 Å². The van der Waals surface area contributed by atoms with Crippen LogP contribution in [0.5, 0.6) is 0 Å². The molecule has 1 aromatic rings. The molecule has 0 aliphatic carbocycles. The molecule has 25 heavy (non-hydrogen) atoms. The van der Waals surface area contributed by atoms with Gasteiger partial charge in [0.05, 0.1) is 6.54 Å². The minimum atomic E-state index is -0.0182. The minimum absolute atomic E-state index is 0.0182. The van der Waals surface area contributed by atoms with Crippen LogP contribution in [0.15, 0.2) is 29.3 Å². The quantitative estimate of drug-likeness (QED) is 0.345. The molecule has 0 heterocycles. The van der Waals surface area contributed by atoms with Crippen LogP contribution in [-0.2, 0) is 6.54 Å². The van der Waals surface area contributed by atoms with E-state index < -0.39 is 0 Å². The third-order valence-corrected chi connectivity index (χ3v) is 4.04. The molecule has 3 N–H and O–H groups in total. The van der Waals surface area contributed by atoms with Gasteiger partial charge in [0.15, 0.2) is 5.96 Å². The average molecular weight is 347 g/mol. The fourth-order valence-electron chi connectivity index (χ4n) is 2.26. The molecule has 0 radical (unpaired) electrons. The van der Waals surface area contributed by atoms with Crippen molar-refractivity contribution in [3.63, 3.8) is 0 Å². The Labute approximate surface area is 152 Å². The summed E-state index contributed by atoms with van der Waals surface area (Å²) < 4.78 is 0. The molecule has 1 aromatic carbocycles. The number of hydrogen-bond acceptors (Lipinski definition) is 2. The molecular formula is C20H34N4O. The Morgan fingerprint density at radius 2 is 1.80 bits per heavy atom. The molecule has 1 rings (SSSR count). The molecular weight excluding hydrogens is 312 g/mol. The number of aliphatic imine (C=N–C) groups is 1. The van der Waals surface area contributed by atoms with Gasteiger partial charge in [-0.1, -0.05) is 38.8 Å². The van der Waals surface area contributed by atoms with Crippen LogP contribution in [-0.4, -0.2) is 31.0 Å². The van der Waals surface area contributed by atoms with Crippen LogP contribution in [0.2, 0.25) is 0 Å². The second kappa shape index (κ2) is 12.3. The van der Waals surface area contributed by atoms with Gasteiger partial charge in [-0.3, -0.25) is 4.79 Å². The van der Waals surface area contributed by atoms with Gasteiger partial charge in [-0.05, 0) is 44.4 Å². The van der Waals surface area contributed by atoms with Crippen LogP contribution in [0.3, 0.4) is 0 Å². The van der Waals surface area contributed by atoms with Gasteiger partial charge in [0.1, 0.15) is 0 Å². The van der Waals surface area contributed by atoms with Crippen LogP contribution >= 0.6 is 0 Å². The van der Waals surface area contributed by atoms with Crippen LogP contribution < -0.4 is 16.0 Å². The third kappa shape index (κ3) is 8.57. The predicted octanol–water partition coefficient (Wildman–Crippen LogP) is 3.46. The van der Waals surface area contributed by atoms with E-state index in [9.17, 15) is 4.79 Å². The van der Waals surface area contributed by atoms with E-state index in [0.717, 1.165) is 37.5 Å². The maximum atomic E-state index is 12.1. The Balaban J connectivity index is 2.57. The van der Waals surface area contributed by atoms with Crippen molar-refractivity contribution in [2.75, 3.05) is 13.1 Å². The fraction of sp³-hybridized carbons (Fsp3) is 0.600. The van der Waals surface area contributed by atoms with Gasteiger partial charge in [-0.2, -0.15) is 0 Å². The smallest absolute Gasteiger partial charge is 0.251 e. The van der Waals surface area contributed by atoms with E-state index >= 15 is 0 Å². The number of unbranched alkanes of at least 4 members (excludes halogenated alkanes) is 2. The Kier molecular flexibility index (Phi) is 10.4. The summed E-state index contributed by atoms with van der Waals surface area (Å²) in [7, 11) is 0. The lowest BCUT2D eigenvalue weighted by molar-refractivity contribution is 0.0939. The molecule has 0 bridgehead atoms. The van der Waals surface area contributed by atoms with E-state index in [4.69, 9.17) is 0 Å². The molecule has 0 aliphatic heterocycles. The summed E-state index contributed by atoms with van der Waals surface area (Å²) in [6.45, 7) is 10.7. The van der Waals surface area contributed by atoms with Gasteiger partial charge < -0.3 is 16.0 Å². The zero-order valence-electron chi connectivity index (χ0n) is 16.2. The molecule has 140 valence electrons. The molecule has 0 fully saturated rings. The Bertz CT molecular complexity index is 525. The molecule has 0 aliphatic rings. The highest BCUT2D eigenvalue weighted by Crippen LogP contribution is 2.06. The minimum Gasteiger partial charge on any atom is -0.357 e. The highest BCUT2D eigenvalue weighted by atomic mass is 16.1. The highest BCUT2D eigenvalue weighted by Gasteiger charge is 2.08. The van der Waals surface area contributed by atoms with Crippen molar-refractivity contribution in [1.29, 1.82) is 0 Å². The van der Waals surface area contributed by atoms with E-state index in [2.05, 4.69) is 41.7 Å². The molecule has 0 saturated carbocycles. The van der Waals surface area contributed by atoms with Crippen LogP contribution in [0.4, 0.5) is 0 Å². The third-order valence-electron chi connectivity index (χ3n) is 4.04. The number of amides is 1. The van der Waals surface area contributed by atoms with Crippen molar-refractivity contribution in [2.24, 2.45) is 4.99 Å². The lowest BCUT2D eigenvalue weighted by Gasteiger charge is -2.12. The summed E-state index contributed by atoms with van der Waals surface area (Å²) in [5.41, 5.74) is 1.78. The van der Waals surface area contributed by atoms with Gasteiger partial charge in [-0.15, -0.1) is 0 Å². The standard InChI is InChI=1S/C20H34N4O/c1-5-8-9-14-22-20(21-7-3)23-15-17-10-12-18(13-11-17)19(25)24-16(4)6-2/h10-13,16H,5-9,14-15H2,1-4H3,(H,24,25)(H2,21,22,23). The lowest BCUT2D eigenvalue weighted by Crippen LogP contribution is -2.37. The first-order chi connectivity index (χ1) is 12.1. The van der Waals surface area contributed by atoms with Crippen LogP contribution in [0.1, 0.15) is 69.3 Å². The fourth-order valence-corrected chi connectivity index (χ4v) is 2.26. The summed E-state index contributed by atoms with van der Waals surface area (Å²) in [5, 5.41) is 9.60. The molecule has 5 heteroatoms. The van der Waals surface area contributed by atoms with Gasteiger partial charge in [0.2, 0.25) is 0 Å². The van der Waals surface area contributed by atoms with E-state index in [1.54, 1.807) is 0 Å². The molecule has 1 amide bonds. The number of nitrogens with one attached hydrogen (secondary N) is 3. The maximum Gasteiger partial charge on any atom is 0.251 e. The Hall–Kier alpha value is -2.04. The van der Waals surface area contributed by atoms with Gasteiger partial charge in [-0.25, -0.2) is 4.99 Å². The molecule has 5 nitrogen and oxygen atoms in total. The van der Waals surface area contributed by atoms with Crippen molar-refractivity contribution in [1.82, 2.24) is 16.0 Å². The summed E-state index contributed by atoms with van der Waals surface area (Å²) in [5.74, 6) is 0.826. The summed E-state index contributed by atoms with van der Waals surface area (Å²) >= 11 is 0. The van der Waals surface area contributed by atoms with Crippen molar-refractivity contribution in [3.05, 3.63) is 35.4 Å². The monoisotopic (exact) mass is 346 g/mol. The van der Waals surface area contributed by atoms with Crippen molar-refractivity contribution in [2.45, 2.75) is 66.0 Å². The average Bonchev–Trinajstić information content (AvgIpc) is 2.63. The van der Waals surface area contributed by atoms with Crippen LogP contribution in [0, 0.1) is 0 Å². The first kappa shape index (κ1) is 21.0. The van der Waals surface area contributed by atoms with E-state index in [-0.39, 0.29) is 11.9 Å². The zero-order chi connectivity index (χ0) is 18.5. The van der Waals surface area contributed by atoms with Gasteiger partial charge in [0, 0.05) is 24.7 Å². The van der Waals surface area contributed by atoms with E-state index in [1.807, 2.05) is 31.2 Å². The number of rotatable bonds is 10. The molecule has 1 atom stereocenters. The van der Waals surface area contributed by atoms with Crippen molar-refractivity contribution in [3.8, 4) is 0 Å². The van der Waals surface area contributed by atoms with Crippen LogP contribution in [0.25, 0.3) is 0 Å².